The van der Waals surface area contributed by atoms with E-state index in [-0.39, 0.29) is 23.6 Å². The Morgan fingerprint density at radius 1 is 1.25 bits per heavy atom. The van der Waals surface area contributed by atoms with Crippen molar-refractivity contribution in [1.82, 2.24) is 10.2 Å². The fourth-order valence-corrected chi connectivity index (χ4v) is 2.21. The number of aromatic nitrogens is 2. The zero-order chi connectivity index (χ0) is 11.8. The van der Waals surface area contributed by atoms with E-state index in [1.807, 2.05) is 0 Å². The standard InChI is InChI=1S/C9H11F3N2OS/c10-9(11,12)6-3-1-5(2-4-6)7-13-14-8(16)15-7/h5-6H,1-4H2,(H,14,16). The normalized spacial score (nSPS) is 26.9. The molecule has 90 valence electrons. The summed E-state index contributed by atoms with van der Waals surface area (Å²) in [6.45, 7) is 0. The van der Waals surface area contributed by atoms with Gasteiger partial charge in [-0.15, -0.1) is 5.10 Å². The molecule has 1 heterocycles. The van der Waals surface area contributed by atoms with Crippen molar-refractivity contribution in [3.63, 3.8) is 0 Å². The van der Waals surface area contributed by atoms with Crippen LogP contribution in [0.1, 0.15) is 37.5 Å². The maximum atomic E-state index is 12.4. The number of hydrogen-bond acceptors (Lipinski definition) is 3. The molecule has 0 atom stereocenters. The lowest BCUT2D eigenvalue weighted by Crippen LogP contribution is -2.27. The molecule has 0 radical (unpaired) electrons. The molecule has 0 unspecified atom stereocenters. The highest BCUT2D eigenvalue weighted by Gasteiger charge is 2.42. The number of nitrogens with one attached hydrogen (secondary N) is 1. The highest BCUT2D eigenvalue weighted by molar-refractivity contribution is 7.71. The molecule has 1 aliphatic carbocycles. The van der Waals surface area contributed by atoms with Crippen LogP contribution in [0.25, 0.3) is 0 Å². The molecule has 1 aliphatic rings. The lowest BCUT2D eigenvalue weighted by Gasteiger charge is -2.27. The number of aromatic amines is 1. The molecule has 16 heavy (non-hydrogen) atoms. The molecule has 7 heteroatoms. The molecule has 0 saturated heterocycles. The summed E-state index contributed by atoms with van der Waals surface area (Å²) in [5.41, 5.74) is 0. The molecule has 1 N–H and O–H groups in total. The van der Waals surface area contributed by atoms with Crippen LogP contribution in [0.5, 0.6) is 0 Å². The Morgan fingerprint density at radius 2 is 1.88 bits per heavy atom. The molecular formula is C9H11F3N2OS. The smallest absolute Gasteiger partial charge is 0.391 e. The Labute approximate surface area is 95.0 Å². The van der Waals surface area contributed by atoms with Crippen molar-refractivity contribution >= 4 is 12.2 Å². The first-order chi connectivity index (χ1) is 7.47. The Bertz CT molecular complexity index is 403. The minimum Gasteiger partial charge on any atom is -0.414 e. The zero-order valence-electron chi connectivity index (χ0n) is 8.38. The Morgan fingerprint density at radius 3 is 2.31 bits per heavy atom. The van der Waals surface area contributed by atoms with Gasteiger partial charge in [0.2, 0.25) is 5.89 Å². The van der Waals surface area contributed by atoms with Crippen molar-refractivity contribution in [2.24, 2.45) is 5.92 Å². The van der Waals surface area contributed by atoms with Crippen LogP contribution < -0.4 is 0 Å². The van der Waals surface area contributed by atoms with Crippen molar-refractivity contribution in [2.45, 2.75) is 37.8 Å². The quantitative estimate of drug-likeness (QED) is 0.777. The average Bonchev–Trinajstić information content (AvgIpc) is 2.64. The highest BCUT2D eigenvalue weighted by atomic mass is 32.1. The van der Waals surface area contributed by atoms with Gasteiger partial charge in [0.25, 0.3) is 4.84 Å². The Kier molecular flexibility index (Phi) is 3.05. The first kappa shape index (κ1) is 11.6. The molecule has 1 fully saturated rings. The minimum atomic E-state index is -4.07. The third-order valence-corrected chi connectivity index (χ3v) is 3.17. The number of nitrogens with zero attached hydrogens (tertiary/aromatic N) is 1. The summed E-state index contributed by atoms with van der Waals surface area (Å²) in [7, 11) is 0. The Balaban J connectivity index is 1.98. The predicted molar refractivity (Wildman–Crippen MR) is 52.4 cm³/mol. The molecule has 1 aromatic rings. The summed E-state index contributed by atoms with van der Waals surface area (Å²) in [5, 5.41) is 6.33. The van der Waals surface area contributed by atoms with Crippen LogP contribution in [-0.2, 0) is 0 Å². The third kappa shape index (κ3) is 2.45. The monoisotopic (exact) mass is 252 g/mol. The van der Waals surface area contributed by atoms with Gasteiger partial charge in [-0.05, 0) is 37.9 Å². The van der Waals surface area contributed by atoms with Gasteiger partial charge in [-0.3, -0.25) is 0 Å². The second-order valence-electron chi connectivity index (χ2n) is 4.04. The van der Waals surface area contributed by atoms with Gasteiger partial charge in [-0.25, -0.2) is 5.10 Å². The lowest BCUT2D eigenvalue weighted by molar-refractivity contribution is -0.182. The largest absolute Gasteiger partial charge is 0.414 e. The summed E-state index contributed by atoms with van der Waals surface area (Å²) in [4.78, 5) is 0.174. The molecule has 3 nitrogen and oxygen atoms in total. The van der Waals surface area contributed by atoms with Crippen molar-refractivity contribution in [3.8, 4) is 0 Å². The summed E-state index contributed by atoms with van der Waals surface area (Å²) in [5.74, 6) is -0.775. The van der Waals surface area contributed by atoms with Crippen molar-refractivity contribution in [2.75, 3.05) is 0 Å². The van der Waals surface area contributed by atoms with Crippen LogP contribution in [0.2, 0.25) is 0 Å². The highest BCUT2D eigenvalue weighted by Crippen LogP contribution is 2.42. The number of hydrogen-bond donors (Lipinski definition) is 1. The zero-order valence-corrected chi connectivity index (χ0v) is 9.20. The van der Waals surface area contributed by atoms with Crippen LogP contribution >= 0.6 is 12.2 Å². The van der Waals surface area contributed by atoms with Gasteiger partial charge >= 0.3 is 6.18 Å². The lowest BCUT2D eigenvalue weighted by atomic mass is 9.81. The van der Waals surface area contributed by atoms with Gasteiger partial charge in [0.1, 0.15) is 0 Å². The topological polar surface area (TPSA) is 41.8 Å². The van der Waals surface area contributed by atoms with Crippen molar-refractivity contribution in [3.05, 3.63) is 10.7 Å². The fourth-order valence-electron chi connectivity index (χ4n) is 2.08. The van der Waals surface area contributed by atoms with E-state index in [0.29, 0.717) is 18.7 Å². The number of halogens is 3. The van der Waals surface area contributed by atoms with E-state index in [1.54, 1.807) is 0 Å². The van der Waals surface area contributed by atoms with Gasteiger partial charge in [-0.1, -0.05) is 0 Å². The summed E-state index contributed by atoms with van der Waals surface area (Å²) < 4.78 is 42.3. The van der Waals surface area contributed by atoms with E-state index >= 15 is 0 Å². The second kappa shape index (κ2) is 4.20. The maximum Gasteiger partial charge on any atom is 0.391 e. The molecule has 1 aromatic heterocycles. The molecule has 0 amide bonds. The van der Waals surface area contributed by atoms with Gasteiger partial charge in [-0.2, -0.15) is 13.2 Å². The van der Waals surface area contributed by atoms with Crippen LogP contribution in [0.15, 0.2) is 4.42 Å². The van der Waals surface area contributed by atoms with E-state index in [2.05, 4.69) is 10.2 Å². The number of rotatable bonds is 1. The Hall–Kier alpha value is -0.850. The summed E-state index contributed by atoms with van der Waals surface area (Å²) in [6.07, 6.45) is -2.88. The number of alkyl halides is 3. The SMILES string of the molecule is FC(F)(F)C1CCC(c2n[nH]c(=S)o2)CC1. The van der Waals surface area contributed by atoms with Crippen LogP contribution in [0, 0.1) is 10.8 Å². The molecule has 1 saturated carbocycles. The second-order valence-corrected chi connectivity index (χ2v) is 4.41. The van der Waals surface area contributed by atoms with E-state index < -0.39 is 12.1 Å². The van der Waals surface area contributed by atoms with Gasteiger partial charge in [0, 0.05) is 5.92 Å². The predicted octanol–water partition coefficient (Wildman–Crippen LogP) is 3.57. The van der Waals surface area contributed by atoms with E-state index in [4.69, 9.17) is 16.6 Å². The van der Waals surface area contributed by atoms with Gasteiger partial charge in [0.05, 0.1) is 5.92 Å². The van der Waals surface area contributed by atoms with Crippen molar-refractivity contribution in [1.29, 1.82) is 0 Å². The maximum absolute atomic E-state index is 12.4. The molecule has 2 rings (SSSR count). The molecular weight excluding hydrogens is 241 g/mol. The fraction of sp³-hybridized carbons (Fsp3) is 0.778. The van der Waals surface area contributed by atoms with Gasteiger partial charge in [0.15, 0.2) is 0 Å². The van der Waals surface area contributed by atoms with Crippen LogP contribution in [-0.4, -0.2) is 16.4 Å². The van der Waals surface area contributed by atoms with Crippen molar-refractivity contribution < 1.29 is 17.6 Å². The first-order valence-electron chi connectivity index (χ1n) is 5.09. The van der Waals surface area contributed by atoms with Crippen LogP contribution in [0.4, 0.5) is 13.2 Å². The van der Waals surface area contributed by atoms with E-state index in [0.717, 1.165) is 0 Å². The average molecular weight is 252 g/mol. The molecule has 0 aliphatic heterocycles. The minimum absolute atomic E-state index is 0.0356. The van der Waals surface area contributed by atoms with E-state index in [1.165, 1.54) is 0 Å². The molecule has 0 spiro atoms. The summed E-state index contributed by atoms with van der Waals surface area (Å²) in [6, 6.07) is 0. The molecule has 0 aromatic carbocycles. The van der Waals surface area contributed by atoms with E-state index in [9.17, 15) is 13.2 Å². The summed E-state index contributed by atoms with van der Waals surface area (Å²) >= 11 is 4.72. The van der Waals surface area contributed by atoms with Crippen LogP contribution in [0.3, 0.4) is 0 Å². The third-order valence-electron chi connectivity index (χ3n) is 2.99. The van der Waals surface area contributed by atoms with Gasteiger partial charge < -0.3 is 4.42 Å². The molecule has 0 bridgehead atoms. The number of H-pyrrole nitrogens is 1. The first-order valence-corrected chi connectivity index (χ1v) is 5.50.